The summed E-state index contributed by atoms with van der Waals surface area (Å²) in [5.41, 5.74) is 12.2. The lowest BCUT2D eigenvalue weighted by atomic mass is 9.75. The van der Waals surface area contributed by atoms with Crippen LogP contribution in [0.3, 0.4) is 0 Å². The van der Waals surface area contributed by atoms with Gasteiger partial charge in [-0.1, -0.05) is 97.9 Å². The van der Waals surface area contributed by atoms with Crippen LogP contribution in [0.25, 0.3) is 0 Å². The van der Waals surface area contributed by atoms with Crippen LogP contribution in [0.2, 0.25) is 0 Å². The van der Waals surface area contributed by atoms with E-state index in [0.29, 0.717) is 0 Å². The fraction of sp³-hybridized carbons (Fsp3) is 0.387. The van der Waals surface area contributed by atoms with E-state index in [2.05, 4.69) is 73.6 Å². The lowest BCUT2D eigenvalue weighted by Crippen LogP contribution is -2.27. The van der Waals surface area contributed by atoms with Gasteiger partial charge in [-0.15, -0.1) is 0 Å². The number of ether oxygens (including phenoxy) is 2. The molecule has 0 aliphatic carbocycles. The first-order valence-electron chi connectivity index (χ1n) is 12.3. The summed E-state index contributed by atoms with van der Waals surface area (Å²) in [5, 5.41) is 8.80. The molecule has 0 amide bonds. The minimum Gasteiger partial charge on any atom is -0.456 e. The second kappa shape index (κ2) is 8.53. The Morgan fingerprint density at radius 3 is 2.03 bits per heavy atom. The molecule has 1 aliphatic heterocycles. The van der Waals surface area contributed by atoms with Gasteiger partial charge in [0.2, 0.25) is 5.90 Å². The van der Waals surface area contributed by atoms with Gasteiger partial charge in [0.15, 0.2) is 6.23 Å². The predicted molar refractivity (Wildman–Crippen MR) is 144 cm³/mol. The molecule has 0 radical (unpaired) electrons. The number of benzene rings is 3. The SMILES string of the molecule is CC(C)(C)c1cc(C(=N)OC(N)c2cccc3c2Oc2ccccc2C3(C)C)cc(C(C)(C)C)c1. The van der Waals surface area contributed by atoms with Gasteiger partial charge in [-0.05, 0) is 40.2 Å². The molecule has 0 bridgehead atoms. The van der Waals surface area contributed by atoms with Gasteiger partial charge in [0.25, 0.3) is 0 Å². The molecule has 3 aromatic rings. The highest BCUT2D eigenvalue weighted by atomic mass is 16.5. The molecule has 3 N–H and O–H groups in total. The van der Waals surface area contributed by atoms with E-state index in [9.17, 15) is 0 Å². The maximum Gasteiger partial charge on any atom is 0.215 e. The highest BCUT2D eigenvalue weighted by molar-refractivity contribution is 5.92. The Labute approximate surface area is 210 Å². The predicted octanol–water partition coefficient (Wildman–Crippen LogP) is 7.71. The topological polar surface area (TPSA) is 68.3 Å². The van der Waals surface area contributed by atoms with Crippen LogP contribution in [0.1, 0.15) is 95.0 Å². The van der Waals surface area contributed by atoms with Gasteiger partial charge in [0.05, 0.1) is 5.56 Å². The minimum atomic E-state index is -0.838. The summed E-state index contributed by atoms with van der Waals surface area (Å²) in [7, 11) is 0. The van der Waals surface area contributed by atoms with Gasteiger partial charge in [-0.3, -0.25) is 11.1 Å². The molecule has 4 nitrogen and oxygen atoms in total. The summed E-state index contributed by atoms with van der Waals surface area (Å²) < 4.78 is 12.4. The zero-order chi connectivity index (χ0) is 25.8. The third-order valence-corrected chi connectivity index (χ3v) is 6.97. The van der Waals surface area contributed by atoms with Crippen LogP contribution in [0.4, 0.5) is 0 Å². The molecule has 4 heteroatoms. The second-order valence-electron chi connectivity index (χ2n) is 12.1. The molecule has 1 aliphatic rings. The molecule has 1 unspecified atom stereocenters. The highest BCUT2D eigenvalue weighted by Gasteiger charge is 2.36. The molecule has 0 saturated heterocycles. The van der Waals surface area contributed by atoms with Crippen LogP contribution >= 0.6 is 0 Å². The molecule has 0 saturated carbocycles. The maximum atomic E-state index is 8.80. The molecule has 0 aromatic heterocycles. The largest absolute Gasteiger partial charge is 0.456 e. The third-order valence-electron chi connectivity index (χ3n) is 6.97. The Hall–Kier alpha value is -3.11. The summed E-state index contributed by atoms with van der Waals surface area (Å²) >= 11 is 0. The van der Waals surface area contributed by atoms with E-state index in [4.69, 9.17) is 20.6 Å². The number of fused-ring (bicyclic) bond motifs is 2. The average molecular weight is 471 g/mol. The second-order valence-corrected chi connectivity index (χ2v) is 12.1. The van der Waals surface area contributed by atoms with Crippen molar-refractivity contribution in [2.24, 2.45) is 5.73 Å². The minimum absolute atomic E-state index is 0.0519. The first kappa shape index (κ1) is 25.0. The molecule has 0 spiro atoms. The quantitative estimate of drug-likeness (QED) is 0.234. The zero-order valence-electron chi connectivity index (χ0n) is 22.2. The first-order valence-corrected chi connectivity index (χ1v) is 12.3. The molecule has 1 atom stereocenters. The fourth-order valence-electron chi connectivity index (χ4n) is 4.60. The zero-order valence-corrected chi connectivity index (χ0v) is 22.2. The molecule has 4 rings (SSSR count). The fourth-order valence-corrected chi connectivity index (χ4v) is 4.60. The van der Waals surface area contributed by atoms with E-state index >= 15 is 0 Å². The van der Waals surface area contributed by atoms with Gasteiger partial charge < -0.3 is 9.47 Å². The van der Waals surface area contributed by atoms with Crippen molar-refractivity contribution in [2.75, 3.05) is 0 Å². The van der Waals surface area contributed by atoms with Crippen LogP contribution in [0.15, 0.2) is 60.7 Å². The van der Waals surface area contributed by atoms with Crippen molar-refractivity contribution >= 4 is 5.90 Å². The van der Waals surface area contributed by atoms with Crippen molar-refractivity contribution in [3.63, 3.8) is 0 Å². The summed E-state index contributed by atoms with van der Waals surface area (Å²) in [6, 6.07) is 20.4. The standard InChI is InChI=1S/C31H38N2O2/c1-29(2,3)20-16-19(17-21(18-20)30(4,5)6)27(32)35-28(33)22-12-11-14-24-26(22)34-25-15-10-9-13-23(25)31(24,7)8/h9-18,28,32H,33H2,1-8H3. The first-order chi connectivity index (χ1) is 16.2. The lowest BCUT2D eigenvalue weighted by molar-refractivity contribution is 0.194. The van der Waals surface area contributed by atoms with Crippen molar-refractivity contribution < 1.29 is 9.47 Å². The third kappa shape index (κ3) is 4.72. The summed E-state index contributed by atoms with van der Waals surface area (Å²) in [6.07, 6.45) is -0.838. The molecule has 3 aromatic carbocycles. The van der Waals surface area contributed by atoms with Crippen LogP contribution in [-0.4, -0.2) is 5.90 Å². The summed E-state index contributed by atoms with van der Waals surface area (Å²) in [4.78, 5) is 0. The van der Waals surface area contributed by atoms with Crippen molar-refractivity contribution in [3.05, 3.63) is 94.0 Å². The smallest absolute Gasteiger partial charge is 0.215 e. The Morgan fingerprint density at radius 2 is 1.43 bits per heavy atom. The highest BCUT2D eigenvalue weighted by Crippen LogP contribution is 2.49. The molecular formula is C31H38N2O2. The van der Waals surface area contributed by atoms with E-state index < -0.39 is 6.23 Å². The van der Waals surface area contributed by atoms with Crippen molar-refractivity contribution in [1.82, 2.24) is 0 Å². The van der Waals surface area contributed by atoms with Crippen LogP contribution in [0, 0.1) is 5.41 Å². The molecule has 35 heavy (non-hydrogen) atoms. The molecule has 0 fully saturated rings. The van der Waals surface area contributed by atoms with Gasteiger partial charge >= 0.3 is 0 Å². The Kier molecular flexibility index (Phi) is 6.09. The summed E-state index contributed by atoms with van der Waals surface area (Å²) in [6.45, 7) is 17.5. The van der Waals surface area contributed by atoms with Gasteiger partial charge in [0.1, 0.15) is 11.5 Å². The van der Waals surface area contributed by atoms with Crippen molar-refractivity contribution in [2.45, 2.75) is 77.9 Å². The number of nitrogens with one attached hydrogen (secondary N) is 1. The number of rotatable bonds is 3. The van der Waals surface area contributed by atoms with Crippen LogP contribution in [-0.2, 0) is 21.0 Å². The Bertz CT molecular complexity index is 1240. The van der Waals surface area contributed by atoms with Crippen molar-refractivity contribution in [3.8, 4) is 11.5 Å². The summed E-state index contributed by atoms with van der Waals surface area (Å²) in [5.74, 6) is 1.60. The molecule has 1 heterocycles. The van der Waals surface area contributed by atoms with E-state index in [1.54, 1.807) is 0 Å². The number of hydrogen-bond acceptors (Lipinski definition) is 4. The maximum absolute atomic E-state index is 8.80. The molecular weight excluding hydrogens is 432 g/mol. The number of nitrogens with two attached hydrogens (primary N) is 1. The average Bonchev–Trinajstić information content (AvgIpc) is 2.77. The van der Waals surface area contributed by atoms with E-state index in [0.717, 1.165) is 33.8 Å². The van der Waals surface area contributed by atoms with E-state index in [1.165, 1.54) is 11.1 Å². The van der Waals surface area contributed by atoms with Crippen LogP contribution < -0.4 is 10.5 Å². The monoisotopic (exact) mass is 470 g/mol. The molecule has 184 valence electrons. The van der Waals surface area contributed by atoms with Crippen molar-refractivity contribution in [1.29, 1.82) is 5.41 Å². The van der Waals surface area contributed by atoms with Gasteiger partial charge in [-0.25, -0.2) is 0 Å². The number of hydrogen-bond donors (Lipinski definition) is 2. The number of para-hydroxylation sites is 2. The van der Waals surface area contributed by atoms with Gasteiger partial charge in [0, 0.05) is 22.1 Å². The van der Waals surface area contributed by atoms with E-state index in [-0.39, 0.29) is 22.1 Å². The van der Waals surface area contributed by atoms with E-state index in [1.807, 2.05) is 42.5 Å². The Morgan fingerprint density at radius 1 is 0.857 bits per heavy atom. The lowest BCUT2D eigenvalue weighted by Gasteiger charge is -2.36. The Balaban J connectivity index is 1.69. The normalized spacial score (nSPS) is 15.5. The van der Waals surface area contributed by atoms with Crippen LogP contribution in [0.5, 0.6) is 11.5 Å². The van der Waals surface area contributed by atoms with Gasteiger partial charge in [-0.2, -0.15) is 0 Å².